The maximum absolute atomic E-state index is 14.4. The first-order valence-corrected chi connectivity index (χ1v) is 14.5. The number of carbonyl (C=O) groups is 3. The van der Waals surface area contributed by atoms with E-state index in [9.17, 15) is 19.5 Å². The molecule has 0 aliphatic carbocycles. The van der Waals surface area contributed by atoms with Gasteiger partial charge in [-0.2, -0.15) is 0 Å². The van der Waals surface area contributed by atoms with Gasteiger partial charge in [0.15, 0.2) is 0 Å². The fourth-order valence-electron chi connectivity index (χ4n) is 4.41. The molecule has 0 aromatic heterocycles. The van der Waals surface area contributed by atoms with E-state index in [2.05, 4.69) is 31.4 Å². The van der Waals surface area contributed by atoms with E-state index < -0.39 is 23.8 Å². The first kappa shape index (κ1) is 34.3. The van der Waals surface area contributed by atoms with Crippen LogP contribution in [0, 0.1) is 18.8 Å². The molecule has 0 radical (unpaired) electrons. The summed E-state index contributed by atoms with van der Waals surface area (Å²) in [5, 5.41) is 16.0. The van der Waals surface area contributed by atoms with Crippen molar-refractivity contribution in [2.45, 2.75) is 125 Å². The van der Waals surface area contributed by atoms with Crippen LogP contribution in [0.1, 0.15) is 112 Å². The number of nitrogens with one attached hydrogen (secondary N) is 2. The molecule has 0 spiro atoms. The van der Waals surface area contributed by atoms with Gasteiger partial charge in [0, 0.05) is 12.6 Å². The fraction of sp³-hybridized carbons (Fsp3) is 0.710. The molecule has 1 rings (SSSR count). The van der Waals surface area contributed by atoms with Crippen LogP contribution < -0.4 is 10.6 Å². The Morgan fingerprint density at radius 3 is 2.18 bits per heavy atom. The number of ether oxygens (including phenoxy) is 1. The van der Waals surface area contributed by atoms with Gasteiger partial charge in [-0.15, -0.1) is 0 Å². The predicted molar refractivity (Wildman–Crippen MR) is 156 cm³/mol. The minimum Gasteiger partial charge on any atom is -0.508 e. The topological polar surface area (TPSA) is 108 Å². The van der Waals surface area contributed by atoms with Crippen LogP contribution in [0.3, 0.4) is 0 Å². The summed E-state index contributed by atoms with van der Waals surface area (Å²) in [7, 11) is 0. The van der Waals surface area contributed by atoms with Gasteiger partial charge in [0.2, 0.25) is 11.8 Å². The van der Waals surface area contributed by atoms with Crippen molar-refractivity contribution in [3.63, 3.8) is 0 Å². The van der Waals surface area contributed by atoms with Crippen LogP contribution >= 0.6 is 0 Å². The quantitative estimate of drug-likeness (QED) is 0.239. The molecule has 8 nitrogen and oxygen atoms in total. The Kier molecular flexibility index (Phi) is 13.8. The van der Waals surface area contributed by atoms with Gasteiger partial charge >= 0.3 is 6.09 Å². The molecular weight excluding hydrogens is 494 g/mol. The van der Waals surface area contributed by atoms with Gasteiger partial charge in [-0.05, 0) is 95.4 Å². The molecule has 0 fully saturated rings. The Morgan fingerprint density at radius 2 is 1.67 bits per heavy atom. The number of phenols is 1. The molecule has 222 valence electrons. The maximum atomic E-state index is 14.4. The highest BCUT2D eigenvalue weighted by Crippen LogP contribution is 2.31. The Morgan fingerprint density at radius 1 is 1.03 bits per heavy atom. The van der Waals surface area contributed by atoms with Gasteiger partial charge in [0.25, 0.3) is 0 Å². The minimum atomic E-state index is -0.925. The Bertz CT molecular complexity index is 939. The summed E-state index contributed by atoms with van der Waals surface area (Å²) in [6.07, 6.45) is 3.04. The number of aromatic hydroxyl groups is 1. The summed E-state index contributed by atoms with van der Waals surface area (Å²) in [5.74, 6) is 0.0443. The van der Waals surface area contributed by atoms with Gasteiger partial charge in [-0.1, -0.05) is 47.1 Å². The van der Waals surface area contributed by atoms with E-state index in [4.69, 9.17) is 4.74 Å². The number of alkyl carbamates (subject to hydrolysis) is 1. The largest absolute Gasteiger partial charge is 0.508 e. The summed E-state index contributed by atoms with van der Waals surface area (Å²) >= 11 is 0. The smallest absolute Gasteiger partial charge is 0.408 e. The number of rotatable bonds is 14. The molecule has 0 aliphatic rings. The van der Waals surface area contributed by atoms with Crippen LogP contribution in [0.15, 0.2) is 18.2 Å². The lowest BCUT2D eigenvalue weighted by atomic mass is 9.94. The zero-order valence-electron chi connectivity index (χ0n) is 25.9. The highest BCUT2D eigenvalue weighted by molar-refractivity contribution is 5.92. The van der Waals surface area contributed by atoms with Crippen LogP contribution in [0.5, 0.6) is 5.75 Å². The molecule has 3 N–H and O–H groups in total. The number of phenolic OH excluding ortho intramolecular Hbond substituents is 1. The molecule has 1 aromatic carbocycles. The van der Waals surface area contributed by atoms with Crippen molar-refractivity contribution in [3.05, 3.63) is 29.3 Å². The SMILES string of the molecule is CCCCNC(=O)C(c1ccc(O)c(C)c1)N(C(=O)C(CC(C)C)NC(=O)OC(C)(C)C)C(C)CCC(C)C. The first-order valence-electron chi connectivity index (χ1n) is 14.5. The third-order valence-corrected chi connectivity index (χ3v) is 6.48. The number of amides is 3. The maximum Gasteiger partial charge on any atom is 0.408 e. The lowest BCUT2D eigenvalue weighted by molar-refractivity contribution is -0.145. The standard InChI is InChI=1S/C31H53N3O5/c1-11-12-17-32-28(36)27(24-15-16-26(35)22(6)19-24)34(23(7)14-13-20(2)3)29(37)25(18-21(4)5)33-30(38)39-31(8,9)10/h15-16,19-21,23,25,27,35H,11-14,17-18H2,1-10H3,(H,32,36)(H,33,38). The number of hydrogen-bond acceptors (Lipinski definition) is 5. The van der Waals surface area contributed by atoms with Crippen molar-refractivity contribution in [2.75, 3.05) is 6.54 Å². The second-order valence-corrected chi connectivity index (χ2v) is 12.5. The molecule has 0 heterocycles. The number of aryl methyl sites for hydroxylation is 1. The summed E-state index contributed by atoms with van der Waals surface area (Å²) in [6.45, 7) is 19.8. The Labute approximate surface area is 236 Å². The normalized spacial score (nSPS) is 14.1. The van der Waals surface area contributed by atoms with Crippen molar-refractivity contribution >= 4 is 17.9 Å². The summed E-state index contributed by atoms with van der Waals surface area (Å²) in [4.78, 5) is 42.6. The monoisotopic (exact) mass is 547 g/mol. The second-order valence-electron chi connectivity index (χ2n) is 12.5. The van der Waals surface area contributed by atoms with E-state index in [0.717, 1.165) is 19.3 Å². The van der Waals surface area contributed by atoms with Gasteiger partial charge in [-0.25, -0.2) is 4.79 Å². The molecule has 3 atom stereocenters. The van der Waals surface area contributed by atoms with E-state index in [0.29, 0.717) is 36.4 Å². The molecule has 8 heteroatoms. The van der Waals surface area contributed by atoms with Crippen molar-refractivity contribution in [1.82, 2.24) is 15.5 Å². The van der Waals surface area contributed by atoms with Gasteiger partial charge in [0.05, 0.1) is 0 Å². The Hall–Kier alpha value is -2.77. The molecule has 39 heavy (non-hydrogen) atoms. The minimum absolute atomic E-state index is 0.106. The second kappa shape index (κ2) is 15.7. The summed E-state index contributed by atoms with van der Waals surface area (Å²) < 4.78 is 5.48. The fourth-order valence-corrected chi connectivity index (χ4v) is 4.41. The lowest BCUT2D eigenvalue weighted by Crippen LogP contribution is -2.56. The highest BCUT2D eigenvalue weighted by atomic mass is 16.6. The van der Waals surface area contributed by atoms with Gasteiger partial charge in [-0.3, -0.25) is 9.59 Å². The van der Waals surface area contributed by atoms with Crippen molar-refractivity contribution in [3.8, 4) is 5.75 Å². The van der Waals surface area contributed by atoms with Crippen LogP contribution in [-0.4, -0.2) is 52.1 Å². The van der Waals surface area contributed by atoms with Gasteiger partial charge in [0.1, 0.15) is 23.4 Å². The van der Waals surface area contributed by atoms with E-state index in [1.807, 2.05) is 20.8 Å². The summed E-state index contributed by atoms with van der Waals surface area (Å²) in [6, 6.07) is 2.93. The number of nitrogens with zero attached hydrogens (tertiary/aromatic N) is 1. The molecular formula is C31H53N3O5. The van der Waals surface area contributed by atoms with E-state index in [-0.39, 0.29) is 29.5 Å². The average Bonchev–Trinajstić information content (AvgIpc) is 2.80. The molecule has 0 saturated heterocycles. The Balaban J connectivity index is 3.63. The zero-order chi connectivity index (χ0) is 29.9. The number of hydrogen-bond donors (Lipinski definition) is 3. The predicted octanol–water partition coefficient (Wildman–Crippen LogP) is 6.25. The van der Waals surface area contributed by atoms with Crippen molar-refractivity contribution in [2.24, 2.45) is 11.8 Å². The van der Waals surface area contributed by atoms with Crippen LogP contribution in [-0.2, 0) is 14.3 Å². The molecule has 3 amide bonds. The molecule has 3 unspecified atom stereocenters. The number of carbonyl (C=O) groups excluding carboxylic acids is 3. The number of unbranched alkanes of at least 4 members (excludes halogenated alkanes) is 1. The molecule has 0 saturated carbocycles. The van der Waals surface area contributed by atoms with Crippen LogP contribution in [0.25, 0.3) is 0 Å². The van der Waals surface area contributed by atoms with Crippen molar-refractivity contribution in [1.29, 1.82) is 0 Å². The molecule has 0 aliphatic heterocycles. The van der Waals surface area contributed by atoms with Crippen molar-refractivity contribution < 1.29 is 24.2 Å². The van der Waals surface area contributed by atoms with Crippen LogP contribution in [0.2, 0.25) is 0 Å². The van der Waals surface area contributed by atoms with E-state index >= 15 is 0 Å². The van der Waals surface area contributed by atoms with E-state index in [1.165, 1.54) is 0 Å². The first-order chi connectivity index (χ1) is 18.1. The molecule has 0 bridgehead atoms. The average molecular weight is 548 g/mol. The van der Waals surface area contributed by atoms with Crippen LogP contribution in [0.4, 0.5) is 4.79 Å². The zero-order valence-corrected chi connectivity index (χ0v) is 25.9. The summed E-state index contributed by atoms with van der Waals surface area (Å²) in [5.41, 5.74) is 0.515. The molecule has 1 aromatic rings. The van der Waals surface area contributed by atoms with E-state index in [1.54, 1.807) is 50.8 Å². The third kappa shape index (κ3) is 11.9. The number of benzene rings is 1. The highest BCUT2D eigenvalue weighted by Gasteiger charge is 2.39. The third-order valence-electron chi connectivity index (χ3n) is 6.48. The lowest BCUT2D eigenvalue weighted by Gasteiger charge is -2.39. The van der Waals surface area contributed by atoms with Gasteiger partial charge < -0.3 is 25.4 Å².